The summed E-state index contributed by atoms with van der Waals surface area (Å²) in [5.74, 6) is 0. The van der Waals surface area contributed by atoms with E-state index in [1.165, 1.54) is 25.7 Å². The van der Waals surface area contributed by atoms with Crippen LogP contribution in [0.1, 0.15) is 32.6 Å². The second kappa shape index (κ2) is 8.48. The molecule has 0 fully saturated rings. The van der Waals surface area contributed by atoms with Gasteiger partial charge in [-0.3, -0.25) is 0 Å². The molecular formula is C13H19BrN2S. The van der Waals surface area contributed by atoms with Gasteiger partial charge in [0.15, 0.2) is 5.11 Å². The van der Waals surface area contributed by atoms with Crippen LogP contribution in [-0.2, 0) is 0 Å². The summed E-state index contributed by atoms with van der Waals surface area (Å²) < 4.78 is 1.07. The molecule has 17 heavy (non-hydrogen) atoms. The standard InChI is InChI=1S/C13H19BrN2S/c1-2-3-4-5-10-15-13(17)16-12-8-6-11(14)7-9-12/h6-9H,2-5,10H2,1H3,(H2,15,16,17). The molecule has 2 N–H and O–H groups in total. The van der Waals surface area contributed by atoms with Gasteiger partial charge < -0.3 is 10.6 Å². The van der Waals surface area contributed by atoms with E-state index < -0.39 is 0 Å². The van der Waals surface area contributed by atoms with Gasteiger partial charge in [0.1, 0.15) is 0 Å². The molecule has 0 saturated carbocycles. The lowest BCUT2D eigenvalue weighted by molar-refractivity contribution is 0.655. The third-order valence-electron chi connectivity index (χ3n) is 2.42. The van der Waals surface area contributed by atoms with Crippen LogP contribution in [0.4, 0.5) is 5.69 Å². The van der Waals surface area contributed by atoms with Crippen molar-refractivity contribution in [2.24, 2.45) is 0 Å². The van der Waals surface area contributed by atoms with E-state index in [0.717, 1.165) is 16.7 Å². The average molecular weight is 315 g/mol. The topological polar surface area (TPSA) is 24.1 Å². The molecule has 1 aromatic carbocycles. The normalized spacial score (nSPS) is 10.0. The molecule has 0 radical (unpaired) electrons. The minimum atomic E-state index is 0.698. The van der Waals surface area contributed by atoms with Crippen molar-refractivity contribution in [2.75, 3.05) is 11.9 Å². The molecule has 1 aromatic rings. The molecule has 0 bridgehead atoms. The lowest BCUT2D eigenvalue weighted by Gasteiger charge is -2.10. The molecule has 0 aromatic heterocycles. The lowest BCUT2D eigenvalue weighted by Crippen LogP contribution is -2.29. The molecule has 0 aliphatic rings. The molecule has 0 aliphatic heterocycles. The third-order valence-corrected chi connectivity index (χ3v) is 3.19. The van der Waals surface area contributed by atoms with Gasteiger partial charge in [0, 0.05) is 16.7 Å². The number of benzene rings is 1. The van der Waals surface area contributed by atoms with E-state index in [1.54, 1.807) is 0 Å². The molecular weight excluding hydrogens is 296 g/mol. The Kier molecular flexibility index (Phi) is 7.21. The molecule has 1 rings (SSSR count). The fraction of sp³-hybridized carbons (Fsp3) is 0.462. The second-order valence-electron chi connectivity index (χ2n) is 3.95. The Morgan fingerprint density at radius 1 is 1.18 bits per heavy atom. The summed E-state index contributed by atoms with van der Waals surface area (Å²) in [4.78, 5) is 0. The third kappa shape index (κ3) is 6.64. The van der Waals surface area contributed by atoms with E-state index in [9.17, 15) is 0 Å². The van der Waals surface area contributed by atoms with Crippen LogP contribution >= 0.6 is 28.1 Å². The Balaban J connectivity index is 2.18. The van der Waals surface area contributed by atoms with Gasteiger partial charge in [-0.15, -0.1) is 0 Å². The number of nitrogens with one attached hydrogen (secondary N) is 2. The predicted octanol–water partition coefficient (Wildman–Crippen LogP) is 4.32. The van der Waals surface area contributed by atoms with E-state index in [-0.39, 0.29) is 0 Å². The zero-order valence-corrected chi connectivity index (χ0v) is 12.5. The van der Waals surface area contributed by atoms with Crippen LogP contribution in [0.3, 0.4) is 0 Å². The monoisotopic (exact) mass is 314 g/mol. The van der Waals surface area contributed by atoms with Gasteiger partial charge in [0.25, 0.3) is 0 Å². The molecule has 4 heteroatoms. The summed E-state index contributed by atoms with van der Waals surface area (Å²) in [6.07, 6.45) is 5.01. The summed E-state index contributed by atoms with van der Waals surface area (Å²) in [6, 6.07) is 7.97. The summed E-state index contributed by atoms with van der Waals surface area (Å²) in [7, 11) is 0. The first-order chi connectivity index (χ1) is 8.22. The number of thiocarbonyl (C=S) groups is 1. The van der Waals surface area contributed by atoms with E-state index >= 15 is 0 Å². The summed E-state index contributed by atoms with van der Waals surface area (Å²) in [6.45, 7) is 3.16. The fourth-order valence-corrected chi connectivity index (χ4v) is 1.95. The molecule has 0 spiro atoms. The van der Waals surface area contributed by atoms with Crippen molar-refractivity contribution in [2.45, 2.75) is 32.6 Å². The zero-order chi connectivity index (χ0) is 12.5. The average Bonchev–Trinajstić information content (AvgIpc) is 2.32. The number of anilines is 1. The minimum absolute atomic E-state index is 0.698. The second-order valence-corrected chi connectivity index (χ2v) is 5.27. The van der Waals surface area contributed by atoms with Crippen molar-refractivity contribution < 1.29 is 0 Å². The SMILES string of the molecule is CCCCCCNC(=S)Nc1ccc(Br)cc1. The van der Waals surface area contributed by atoms with Crippen LogP contribution < -0.4 is 10.6 Å². The highest BCUT2D eigenvalue weighted by molar-refractivity contribution is 9.10. The van der Waals surface area contributed by atoms with Crippen LogP contribution in [0, 0.1) is 0 Å². The Morgan fingerprint density at radius 2 is 1.88 bits per heavy atom. The predicted molar refractivity (Wildman–Crippen MR) is 82.5 cm³/mol. The lowest BCUT2D eigenvalue weighted by atomic mass is 10.2. The number of rotatable bonds is 6. The Hall–Kier alpha value is -0.610. The fourth-order valence-electron chi connectivity index (χ4n) is 1.46. The van der Waals surface area contributed by atoms with Crippen LogP contribution in [0.5, 0.6) is 0 Å². The van der Waals surface area contributed by atoms with Crippen molar-refractivity contribution in [3.05, 3.63) is 28.7 Å². The highest BCUT2D eigenvalue weighted by Crippen LogP contribution is 2.13. The summed E-state index contributed by atoms with van der Waals surface area (Å²) in [5.41, 5.74) is 1.01. The van der Waals surface area contributed by atoms with Crippen molar-refractivity contribution in [3.63, 3.8) is 0 Å². The Labute approximate surface area is 117 Å². The molecule has 0 saturated heterocycles. The summed E-state index contributed by atoms with van der Waals surface area (Å²) >= 11 is 8.61. The minimum Gasteiger partial charge on any atom is -0.362 e. The van der Waals surface area contributed by atoms with Crippen molar-refractivity contribution in [1.82, 2.24) is 5.32 Å². The van der Waals surface area contributed by atoms with Crippen molar-refractivity contribution in [3.8, 4) is 0 Å². The van der Waals surface area contributed by atoms with Crippen molar-refractivity contribution >= 4 is 38.9 Å². The van der Waals surface area contributed by atoms with E-state index in [0.29, 0.717) is 5.11 Å². The molecule has 0 atom stereocenters. The van der Waals surface area contributed by atoms with Crippen LogP contribution in [0.2, 0.25) is 0 Å². The zero-order valence-electron chi connectivity index (χ0n) is 10.1. The maximum Gasteiger partial charge on any atom is 0.170 e. The van der Waals surface area contributed by atoms with E-state index in [4.69, 9.17) is 12.2 Å². The van der Waals surface area contributed by atoms with E-state index in [2.05, 4.69) is 33.5 Å². The van der Waals surface area contributed by atoms with Crippen LogP contribution in [-0.4, -0.2) is 11.7 Å². The van der Waals surface area contributed by atoms with Crippen molar-refractivity contribution in [1.29, 1.82) is 0 Å². The highest BCUT2D eigenvalue weighted by Gasteiger charge is 1.96. The number of unbranched alkanes of at least 4 members (excludes halogenated alkanes) is 3. The summed E-state index contributed by atoms with van der Waals surface area (Å²) in [5, 5.41) is 7.07. The molecule has 0 amide bonds. The first-order valence-corrected chi connectivity index (χ1v) is 7.23. The largest absolute Gasteiger partial charge is 0.362 e. The molecule has 94 valence electrons. The maximum absolute atomic E-state index is 5.21. The van der Waals surface area contributed by atoms with Crippen LogP contribution in [0.25, 0.3) is 0 Å². The van der Waals surface area contributed by atoms with Gasteiger partial charge in [-0.25, -0.2) is 0 Å². The number of halogens is 1. The first-order valence-electron chi connectivity index (χ1n) is 6.03. The van der Waals surface area contributed by atoms with E-state index in [1.807, 2.05) is 24.3 Å². The van der Waals surface area contributed by atoms with Gasteiger partial charge >= 0.3 is 0 Å². The quantitative estimate of drug-likeness (QED) is 0.604. The van der Waals surface area contributed by atoms with Gasteiger partial charge in [-0.05, 0) is 42.9 Å². The Morgan fingerprint density at radius 3 is 2.53 bits per heavy atom. The molecule has 0 unspecified atom stereocenters. The molecule has 2 nitrogen and oxygen atoms in total. The molecule has 0 heterocycles. The van der Waals surface area contributed by atoms with Gasteiger partial charge in [0.2, 0.25) is 0 Å². The smallest absolute Gasteiger partial charge is 0.170 e. The first kappa shape index (κ1) is 14.5. The number of hydrogen-bond acceptors (Lipinski definition) is 1. The number of hydrogen-bond donors (Lipinski definition) is 2. The molecule has 0 aliphatic carbocycles. The Bertz CT molecular complexity index is 338. The van der Waals surface area contributed by atoms with Crippen LogP contribution in [0.15, 0.2) is 28.7 Å². The van der Waals surface area contributed by atoms with Gasteiger partial charge in [-0.2, -0.15) is 0 Å². The highest BCUT2D eigenvalue weighted by atomic mass is 79.9. The van der Waals surface area contributed by atoms with Gasteiger partial charge in [-0.1, -0.05) is 42.1 Å². The van der Waals surface area contributed by atoms with Gasteiger partial charge in [0.05, 0.1) is 0 Å². The maximum atomic E-state index is 5.21.